The first-order valence-corrected chi connectivity index (χ1v) is 15.0. The Bertz CT molecular complexity index is 1830. The van der Waals surface area contributed by atoms with E-state index in [1.807, 2.05) is 51.2 Å². The van der Waals surface area contributed by atoms with Gasteiger partial charge < -0.3 is 20.1 Å². The van der Waals surface area contributed by atoms with Crippen molar-refractivity contribution >= 4 is 22.9 Å². The van der Waals surface area contributed by atoms with Crippen molar-refractivity contribution in [3.05, 3.63) is 83.1 Å². The number of hydrogen-bond donors (Lipinski definition) is 1. The Morgan fingerprint density at radius 1 is 1.09 bits per heavy atom. The Hall–Kier alpha value is -4.99. The van der Waals surface area contributed by atoms with Gasteiger partial charge in [-0.05, 0) is 76.2 Å². The molecule has 2 saturated heterocycles. The number of hydrogen-bond acceptors (Lipinski definition) is 9. The highest BCUT2D eigenvalue weighted by Gasteiger charge is 2.35. The number of para-hydroxylation sites is 1. The summed E-state index contributed by atoms with van der Waals surface area (Å²) in [6.45, 7) is 6.03. The molecule has 0 spiro atoms. The van der Waals surface area contributed by atoms with Crippen LogP contribution in [0.15, 0.2) is 77.4 Å². The van der Waals surface area contributed by atoms with Crippen LogP contribution in [-0.4, -0.2) is 79.7 Å². The van der Waals surface area contributed by atoms with Crippen LogP contribution in [-0.2, 0) is 9.53 Å². The molecule has 2 aliphatic heterocycles. The van der Waals surface area contributed by atoms with E-state index in [0.29, 0.717) is 67.5 Å². The number of ether oxygens (including phenoxy) is 2. The number of nitrogen functional groups attached to an aromatic ring is 1. The van der Waals surface area contributed by atoms with E-state index in [1.54, 1.807) is 39.8 Å². The van der Waals surface area contributed by atoms with Crippen LogP contribution >= 0.6 is 0 Å². The number of anilines is 1. The standard InChI is InChI=1S/C33H36N8O4/c1-33(2,38(3)25-19-44-20-25)17-22(18-34)31(42)39-15-13-24(14-16-39)41-30-28(29(35)36-21-37-30)40(32(41)43)23-9-11-27(12-10-23)45-26-7-5-4-6-8-26/h4-12,17,21,24-25H,13-16,19-20H2,1-3H3,(H2,35,36,37)/b22-17-. The predicted molar refractivity (Wildman–Crippen MR) is 169 cm³/mol. The van der Waals surface area contributed by atoms with Gasteiger partial charge in [-0.3, -0.25) is 18.8 Å². The maximum absolute atomic E-state index is 14.0. The number of imidazole rings is 1. The molecule has 232 valence electrons. The quantitative estimate of drug-likeness (QED) is 0.234. The molecule has 0 radical (unpaired) electrons. The average molecular weight is 609 g/mol. The molecule has 45 heavy (non-hydrogen) atoms. The molecule has 4 aromatic rings. The highest BCUT2D eigenvalue weighted by Crippen LogP contribution is 2.30. The van der Waals surface area contributed by atoms with Crippen LogP contribution in [0.5, 0.6) is 11.5 Å². The first-order chi connectivity index (χ1) is 21.7. The lowest BCUT2D eigenvalue weighted by Crippen LogP contribution is -2.55. The molecule has 2 N–H and O–H groups in total. The van der Waals surface area contributed by atoms with E-state index in [-0.39, 0.29) is 35.1 Å². The molecule has 0 aliphatic carbocycles. The molecule has 12 nitrogen and oxygen atoms in total. The van der Waals surface area contributed by atoms with Gasteiger partial charge in [0.15, 0.2) is 11.5 Å². The van der Waals surface area contributed by atoms with E-state index < -0.39 is 5.54 Å². The van der Waals surface area contributed by atoms with Crippen molar-refractivity contribution in [1.82, 2.24) is 28.9 Å². The van der Waals surface area contributed by atoms with Crippen LogP contribution in [0, 0.1) is 11.3 Å². The summed E-state index contributed by atoms with van der Waals surface area (Å²) in [5.74, 6) is 1.22. The van der Waals surface area contributed by atoms with Crippen molar-refractivity contribution in [2.45, 2.75) is 44.3 Å². The number of amides is 1. The summed E-state index contributed by atoms with van der Waals surface area (Å²) in [6, 6.07) is 18.8. The monoisotopic (exact) mass is 608 g/mol. The minimum Gasteiger partial charge on any atom is -0.457 e. The highest BCUT2D eigenvalue weighted by atomic mass is 16.5. The molecule has 0 saturated carbocycles. The minimum atomic E-state index is -0.506. The zero-order valence-corrected chi connectivity index (χ0v) is 25.6. The van der Waals surface area contributed by atoms with E-state index in [0.717, 1.165) is 0 Å². The van der Waals surface area contributed by atoms with Crippen molar-refractivity contribution < 1.29 is 14.3 Å². The van der Waals surface area contributed by atoms with Crippen LogP contribution in [0.25, 0.3) is 16.9 Å². The van der Waals surface area contributed by atoms with E-state index in [9.17, 15) is 14.9 Å². The minimum absolute atomic E-state index is 0.111. The fraction of sp³-hybridized carbons (Fsp3) is 0.364. The number of fused-ring (bicyclic) bond motifs is 1. The number of carbonyl (C=O) groups is 1. The van der Waals surface area contributed by atoms with Gasteiger partial charge in [-0.2, -0.15) is 5.26 Å². The molecule has 2 aromatic heterocycles. The van der Waals surface area contributed by atoms with E-state index in [2.05, 4.69) is 20.9 Å². The van der Waals surface area contributed by atoms with Crippen molar-refractivity contribution in [2.24, 2.45) is 0 Å². The lowest BCUT2D eigenvalue weighted by Gasteiger charge is -2.43. The third-order valence-electron chi connectivity index (χ3n) is 8.80. The summed E-state index contributed by atoms with van der Waals surface area (Å²) in [4.78, 5) is 39.9. The largest absolute Gasteiger partial charge is 0.457 e. The fourth-order valence-corrected chi connectivity index (χ4v) is 5.94. The fourth-order valence-electron chi connectivity index (χ4n) is 5.94. The second-order valence-corrected chi connectivity index (χ2v) is 12.0. The second-order valence-electron chi connectivity index (χ2n) is 12.0. The summed E-state index contributed by atoms with van der Waals surface area (Å²) in [5, 5.41) is 9.90. The lowest BCUT2D eigenvalue weighted by molar-refractivity contribution is -0.128. The number of aromatic nitrogens is 4. The number of likely N-dealkylation sites (N-methyl/N-ethyl adjacent to an activating group) is 1. The molecule has 12 heteroatoms. The molecule has 0 unspecified atom stereocenters. The smallest absolute Gasteiger partial charge is 0.335 e. The SMILES string of the molecule is CN(C1COC1)C(C)(C)/C=C(/C#N)C(=O)N1CCC(n2c(=O)n(-c3ccc(Oc4ccccc4)cc3)c3c(N)ncnc32)CC1. The van der Waals surface area contributed by atoms with Gasteiger partial charge in [-0.1, -0.05) is 18.2 Å². The maximum atomic E-state index is 14.0. The number of benzene rings is 2. The Kier molecular flexibility index (Phi) is 8.14. The number of likely N-dealkylation sites (tertiary alicyclic amines) is 1. The Morgan fingerprint density at radius 3 is 2.38 bits per heavy atom. The number of piperidine rings is 1. The van der Waals surface area contributed by atoms with Crippen LogP contribution < -0.4 is 16.2 Å². The van der Waals surface area contributed by atoms with E-state index >= 15 is 0 Å². The summed E-state index contributed by atoms with van der Waals surface area (Å²) in [6.07, 6.45) is 4.12. The molecule has 2 fully saturated rings. The van der Waals surface area contributed by atoms with Gasteiger partial charge in [0, 0.05) is 24.7 Å². The molecule has 2 aromatic carbocycles. The Balaban J connectivity index is 1.23. The number of nitrogens with two attached hydrogens (primary N) is 1. The zero-order chi connectivity index (χ0) is 31.7. The van der Waals surface area contributed by atoms with Gasteiger partial charge in [-0.15, -0.1) is 0 Å². The second kappa shape index (κ2) is 12.2. The van der Waals surface area contributed by atoms with Gasteiger partial charge in [0.2, 0.25) is 0 Å². The van der Waals surface area contributed by atoms with Crippen LogP contribution in [0.1, 0.15) is 32.7 Å². The van der Waals surface area contributed by atoms with Crippen LogP contribution in [0.3, 0.4) is 0 Å². The Labute approximate surface area is 260 Å². The molecule has 1 amide bonds. The topological polar surface area (TPSA) is 145 Å². The summed E-state index contributed by atoms with van der Waals surface area (Å²) in [7, 11) is 1.98. The van der Waals surface area contributed by atoms with Crippen LogP contribution in [0.4, 0.5) is 5.82 Å². The normalized spacial score (nSPS) is 16.5. The lowest BCUT2D eigenvalue weighted by atomic mass is 9.96. The molecule has 2 aliphatic rings. The molecular formula is C33H36N8O4. The van der Waals surface area contributed by atoms with E-state index in [4.69, 9.17) is 15.2 Å². The zero-order valence-electron chi connectivity index (χ0n) is 25.6. The third kappa shape index (κ3) is 5.80. The first-order valence-electron chi connectivity index (χ1n) is 15.0. The van der Waals surface area contributed by atoms with Crippen molar-refractivity contribution in [3.8, 4) is 23.3 Å². The van der Waals surface area contributed by atoms with Crippen molar-refractivity contribution in [3.63, 3.8) is 0 Å². The first kappa shape index (κ1) is 30.1. The van der Waals surface area contributed by atoms with E-state index in [1.165, 1.54) is 10.9 Å². The summed E-state index contributed by atoms with van der Waals surface area (Å²) < 4.78 is 14.4. The van der Waals surface area contributed by atoms with Crippen molar-refractivity contribution in [1.29, 1.82) is 5.26 Å². The van der Waals surface area contributed by atoms with Gasteiger partial charge in [0.05, 0.1) is 24.9 Å². The molecule has 0 bridgehead atoms. The Morgan fingerprint density at radius 2 is 1.76 bits per heavy atom. The number of carbonyl (C=O) groups excluding carboxylic acids is 1. The molecule has 4 heterocycles. The predicted octanol–water partition coefficient (Wildman–Crippen LogP) is 3.68. The van der Waals surface area contributed by atoms with Gasteiger partial charge in [-0.25, -0.2) is 14.8 Å². The van der Waals surface area contributed by atoms with Crippen molar-refractivity contribution in [2.75, 3.05) is 39.1 Å². The van der Waals surface area contributed by atoms with Gasteiger partial charge in [0.1, 0.15) is 35.0 Å². The molecule has 0 atom stereocenters. The van der Waals surface area contributed by atoms with Gasteiger partial charge in [0.25, 0.3) is 5.91 Å². The number of nitrogens with zero attached hydrogens (tertiary/aromatic N) is 7. The number of rotatable bonds is 8. The molecule has 6 rings (SSSR count). The average Bonchev–Trinajstić information content (AvgIpc) is 3.32. The maximum Gasteiger partial charge on any atom is 0.335 e. The van der Waals surface area contributed by atoms with Crippen LogP contribution in [0.2, 0.25) is 0 Å². The summed E-state index contributed by atoms with van der Waals surface area (Å²) >= 11 is 0. The molecular weight excluding hydrogens is 572 g/mol. The third-order valence-corrected chi connectivity index (χ3v) is 8.80. The summed E-state index contributed by atoms with van der Waals surface area (Å²) in [5.41, 5.74) is 7.08. The number of nitriles is 1. The highest BCUT2D eigenvalue weighted by molar-refractivity contribution is 5.97. The van der Waals surface area contributed by atoms with Gasteiger partial charge >= 0.3 is 5.69 Å².